The molecular weight excluding hydrogens is 214 g/mol. The normalized spacial score (nSPS) is 12.4. The SMILES string of the molecule is COC(c1ccccc1)c1ncc(N)c(C)n1. The molecule has 0 bridgehead atoms. The molecule has 1 atom stereocenters. The summed E-state index contributed by atoms with van der Waals surface area (Å²) in [6, 6.07) is 9.87. The lowest BCUT2D eigenvalue weighted by Gasteiger charge is -2.14. The van der Waals surface area contributed by atoms with Crippen LogP contribution in [-0.4, -0.2) is 17.1 Å². The summed E-state index contributed by atoms with van der Waals surface area (Å²) in [7, 11) is 1.65. The van der Waals surface area contributed by atoms with Gasteiger partial charge in [0.2, 0.25) is 0 Å². The number of benzene rings is 1. The van der Waals surface area contributed by atoms with Crippen LogP contribution < -0.4 is 5.73 Å². The van der Waals surface area contributed by atoms with Gasteiger partial charge in [0.05, 0.1) is 17.6 Å². The summed E-state index contributed by atoms with van der Waals surface area (Å²) in [6.07, 6.45) is 1.36. The fourth-order valence-corrected chi connectivity index (χ4v) is 1.64. The molecule has 4 heteroatoms. The van der Waals surface area contributed by atoms with Crippen molar-refractivity contribution >= 4 is 5.69 Å². The average molecular weight is 229 g/mol. The van der Waals surface area contributed by atoms with Gasteiger partial charge in [-0.05, 0) is 12.5 Å². The van der Waals surface area contributed by atoms with E-state index >= 15 is 0 Å². The Morgan fingerprint density at radius 1 is 1.24 bits per heavy atom. The maximum absolute atomic E-state index is 5.70. The maximum atomic E-state index is 5.70. The molecule has 0 aliphatic heterocycles. The van der Waals surface area contributed by atoms with Crippen molar-refractivity contribution in [3.63, 3.8) is 0 Å². The fourth-order valence-electron chi connectivity index (χ4n) is 1.64. The molecule has 0 saturated heterocycles. The third-order valence-electron chi connectivity index (χ3n) is 2.61. The summed E-state index contributed by atoms with van der Waals surface area (Å²) in [5.74, 6) is 0.630. The Balaban J connectivity index is 2.39. The molecule has 2 aromatic rings. The molecule has 0 aliphatic rings. The van der Waals surface area contributed by atoms with E-state index < -0.39 is 0 Å². The minimum absolute atomic E-state index is 0.254. The Morgan fingerprint density at radius 3 is 2.53 bits per heavy atom. The lowest BCUT2D eigenvalue weighted by atomic mass is 10.1. The van der Waals surface area contributed by atoms with E-state index in [1.54, 1.807) is 13.3 Å². The molecule has 88 valence electrons. The Morgan fingerprint density at radius 2 is 1.94 bits per heavy atom. The number of hydrogen-bond donors (Lipinski definition) is 1. The van der Waals surface area contributed by atoms with Crippen LogP contribution in [0.25, 0.3) is 0 Å². The lowest BCUT2D eigenvalue weighted by molar-refractivity contribution is 0.129. The van der Waals surface area contributed by atoms with E-state index in [0.29, 0.717) is 11.5 Å². The number of aryl methyl sites for hydroxylation is 1. The second-order valence-corrected chi connectivity index (χ2v) is 3.80. The van der Waals surface area contributed by atoms with Gasteiger partial charge in [0.15, 0.2) is 5.82 Å². The van der Waals surface area contributed by atoms with Crippen LogP contribution in [0.2, 0.25) is 0 Å². The smallest absolute Gasteiger partial charge is 0.162 e. The number of nitrogens with zero attached hydrogens (tertiary/aromatic N) is 2. The molecule has 2 N–H and O–H groups in total. The van der Waals surface area contributed by atoms with Crippen LogP contribution in [-0.2, 0) is 4.74 Å². The number of nitrogen functional groups attached to an aromatic ring is 1. The van der Waals surface area contributed by atoms with Gasteiger partial charge in [-0.25, -0.2) is 9.97 Å². The zero-order valence-electron chi connectivity index (χ0n) is 9.92. The first-order valence-electron chi connectivity index (χ1n) is 5.39. The molecule has 1 unspecified atom stereocenters. The van der Waals surface area contributed by atoms with Gasteiger partial charge in [-0.1, -0.05) is 30.3 Å². The number of hydrogen-bond acceptors (Lipinski definition) is 4. The minimum atomic E-state index is -0.254. The van der Waals surface area contributed by atoms with E-state index in [9.17, 15) is 0 Å². The highest BCUT2D eigenvalue weighted by Gasteiger charge is 2.16. The summed E-state index contributed by atoms with van der Waals surface area (Å²) < 4.78 is 5.45. The van der Waals surface area contributed by atoms with E-state index in [4.69, 9.17) is 10.5 Å². The first-order valence-corrected chi connectivity index (χ1v) is 5.39. The third-order valence-corrected chi connectivity index (χ3v) is 2.61. The summed E-state index contributed by atoms with van der Waals surface area (Å²) in [4.78, 5) is 8.58. The standard InChI is InChI=1S/C13H15N3O/c1-9-11(14)8-15-13(16-9)12(17-2)10-6-4-3-5-7-10/h3-8,12H,14H2,1-2H3. The van der Waals surface area contributed by atoms with Crippen LogP contribution in [0.1, 0.15) is 23.2 Å². The molecule has 0 radical (unpaired) electrons. The Hall–Kier alpha value is -1.94. The van der Waals surface area contributed by atoms with Gasteiger partial charge in [0.1, 0.15) is 6.10 Å². The van der Waals surface area contributed by atoms with Crippen molar-refractivity contribution < 1.29 is 4.74 Å². The molecule has 2 rings (SSSR count). The quantitative estimate of drug-likeness (QED) is 0.875. The van der Waals surface area contributed by atoms with Crippen LogP contribution >= 0.6 is 0 Å². The van der Waals surface area contributed by atoms with Crippen molar-refractivity contribution in [2.24, 2.45) is 0 Å². The number of rotatable bonds is 3. The average Bonchev–Trinajstić information content (AvgIpc) is 2.36. The zero-order valence-corrected chi connectivity index (χ0v) is 9.92. The molecule has 1 heterocycles. The van der Waals surface area contributed by atoms with Crippen molar-refractivity contribution in [1.29, 1.82) is 0 Å². The highest BCUT2D eigenvalue weighted by molar-refractivity contribution is 5.39. The van der Waals surface area contributed by atoms with Crippen molar-refractivity contribution in [2.45, 2.75) is 13.0 Å². The predicted molar refractivity (Wildman–Crippen MR) is 66.5 cm³/mol. The maximum Gasteiger partial charge on any atom is 0.162 e. The molecule has 17 heavy (non-hydrogen) atoms. The second-order valence-electron chi connectivity index (χ2n) is 3.80. The largest absolute Gasteiger partial charge is 0.396 e. The van der Waals surface area contributed by atoms with Crippen molar-refractivity contribution in [3.8, 4) is 0 Å². The predicted octanol–water partition coefficient (Wildman–Crippen LogP) is 2.10. The Kier molecular flexibility index (Phi) is 3.35. The molecule has 4 nitrogen and oxygen atoms in total. The molecular formula is C13H15N3O. The van der Waals surface area contributed by atoms with Gasteiger partial charge < -0.3 is 10.5 Å². The molecule has 1 aromatic heterocycles. The number of ether oxygens (including phenoxy) is 1. The summed E-state index contributed by atoms with van der Waals surface area (Å²) in [6.45, 7) is 1.86. The van der Waals surface area contributed by atoms with Crippen LogP contribution in [0.5, 0.6) is 0 Å². The van der Waals surface area contributed by atoms with Crippen molar-refractivity contribution in [1.82, 2.24) is 9.97 Å². The Bertz CT molecular complexity index is 499. The van der Waals surface area contributed by atoms with Gasteiger partial charge >= 0.3 is 0 Å². The van der Waals surface area contributed by atoms with Gasteiger partial charge in [-0.3, -0.25) is 0 Å². The number of aromatic nitrogens is 2. The van der Waals surface area contributed by atoms with Crippen LogP contribution in [0.4, 0.5) is 5.69 Å². The summed E-state index contributed by atoms with van der Waals surface area (Å²) in [5.41, 5.74) is 8.10. The van der Waals surface area contributed by atoms with Crippen LogP contribution in [0, 0.1) is 6.92 Å². The monoisotopic (exact) mass is 229 g/mol. The van der Waals surface area contributed by atoms with Crippen LogP contribution in [0.15, 0.2) is 36.5 Å². The van der Waals surface area contributed by atoms with Gasteiger partial charge in [-0.15, -0.1) is 0 Å². The second kappa shape index (κ2) is 4.93. The molecule has 0 spiro atoms. The first kappa shape index (κ1) is 11.5. The van der Waals surface area contributed by atoms with Gasteiger partial charge in [-0.2, -0.15) is 0 Å². The molecule has 1 aromatic carbocycles. The summed E-state index contributed by atoms with van der Waals surface area (Å²) in [5, 5.41) is 0. The van der Waals surface area contributed by atoms with E-state index in [1.165, 1.54) is 0 Å². The number of methoxy groups -OCH3 is 1. The zero-order chi connectivity index (χ0) is 12.3. The molecule has 0 fully saturated rings. The van der Waals surface area contributed by atoms with E-state index in [-0.39, 0.29) is 6.10 Å². The molecule has 0 aliphatic carbocycles. The van der Waals surface area contributed by atoms with Gasteiger partial charge in [0, 0.05) is 7.11 Å². The Labute approximate surface area is 100 Å². The van der Waals surface area contributed by atoms with E-state index in [1.807, 2.05) is 37.3 Å². The lowest BCUT2D eigenvalue weighted by Crippen LogP contribution is -2.10. The molecule has 0 saturated carbocycles. The van der Waals surface area contributed by atoms with E-state index in [2.05, 4.69) is 9.97 Å². The minimum Gasteiger partial charge on any atom is -0.396 e. The number of nitrogens with two attached hydrogens (primary N) is 1. The van der Waals surface area contributed by atoms with Crippen LogP contribution in [0.3, 0.4) is 0 Å². The first-order chi connectivity index (χ1) is 8.22. The van der Waals surface area contributed by atoms with Crippen molar-refractivity contribution in [2.75, 3.05) is 12.8 Å². The third kappa shape index (κ3) is 2.42. The topological polar surface area (TPSA) is 61.0 Å². The highest BCUT2D eigenvalue weighted by Crippen LogP contribution is 2.22. The highest BCUT2D eigenvalue weighted by atomic mass is 16.5. The fraction of sp³-hybridized carbons (Fsp3) is 0.231. The summed E-state index contributed by atoms with van der Waals surface area (Å²) >= 11 is 0. The number of anilines is 1. The van der Waals surface area contributed by atoms with E-state index in [0.717, 1.165) is 11.3 Å². The van der Waals surface area contributed by atoms with Crippen molar-refractivity contribution in [3.05, 3.63) is 53.6 Å². The van der Waals surface area contributed by atoms with Gasteiger partial charge in [0.25, 0.3) is 0 Å². The molecule has 0 amide bonds.